The van der Waals surface area contributed by atoms with Gasteiger partial charge in [-0.2, -0.15) is 0 Å². The van der Waals surface area contributed by atoms with Gasteiger partial charge in [0.15, 0.2) is 0 Å². The zero-order valence-electron chi connectivity index (χ0n) is 9.18. The highest BCUT2D eigenvalue weighted by Gasteiger charge is 2.23. The predicted octanol–water partition coefficient (Wildman–Crippen LogP) is 1.53. The lowest BCUT2D eigenvalue weighted by atomic mass is 10.0. The van der Waals surface area contributed by atoms with E-state index in [1.54, 1.807) is 6.92 Å². The van der Waals surface area contributed by atoms with Crippen LogP contribution >= 0.6 is 7.60 Å². The van der Waals surface area contributed by atoms with Crippen LogP contribution in [-0.4, -0.2) is 28.5 Å². The minimum Gasteiger partial charge on any atom is -0.466 e. The van der Waals surface area contributed by atoms with Crippen molar-refractivity contribution in [2.24, 2.45) is 5.92 Å². The van der Waals surface area contributed by atoms with Gasteiger partial charge in [0.1, 0.15) is 0 Å². The number of hydrogen-bond donors (Lipinski definition) is 2. The topological polar surface area (TPSA) is 83.8 Å². The Balaban J connectivity index is 4.15. The average Bonchev–Trinajstić information content (AvgIpc) is 2.11. The molecule has 90 valence electrons. The number of carbonyl (C=O) groups is 1. The first-order valence-electron chi connectivity index (χ1n) is 5.12. The lowest BCUT2D eigenvalue weighted by Crippen LogP contribution is -2.19. The third-order valence-electron chi connectivity index (χ3n) is 2.03. The first kappa shape index (κ1) is 14.6. The monoisotopic (exact) mass is 238 g/mol. The molecule has 0 saturated heterocycles. The van der Waals surface area contributed by atoms with Gasteiger partial charge in [-0.3, -0.25) is 9.36 Å². The van der Waals surface area contributed by atoms with Gasteiger partial charge in [-0.05, 0) is 19.8 Å². The molecule has 0 heterocycles. The smallest absolute Gasteiger partial charge is 0.325 e. The molecule has 0 fully saturated rings. The van der Waals surface area contributed by atoms with Crippen LogP contribution in [0.1, 0.15) is 33.1 Å². The van der Waals surface area contributed by atoms with E-state index >= 15 is 0 Å². The maximum absolute atomic E-state index is 11.4. The van der Waals surface area contributed by atoms with Crippen molar-refractivity contribution in [1.29, 1.82) is 0 Å². The maximum atomic E-state index is 11.4. The fraction of sp³-hybridized carbons (Fsp3) is 0.889. The van der Waals surface area contributed by atoms with Gasteiger partial charge in [-0.15, -0.1) is 0 Å². The summed E-state index contributed by atoms with van der Waals surface area (Å²) in [6.45, 7) is 3.93. The zero-order valence-corrected chi connectivity index (χ0v) is 10.1. The fourth-order valence-electron chi connectivity index (χ4n) is 1.31. The molecule has 2 N–H and O–H groups in total. The summed E-state index contributed by atoms with van der Waals surface area (Å²) < 4.78 is 15.5. The second-order valence-corrected chi connectivity index (χ2v) is 5.19. The van der Waals surface area contributed by atoms with Gasteiger partial charge in [0, 0.05) is 0 Å². The highest BCUT2D eigenvalue weighted by Crippen LogP contribution is 2.36. The van der Waals surface area contributed by atoms with Crippen LogP contribution in [0.25, 0.3) is 0 Å². The minimum atomic E-state index is -4.01. The summed E-state index contributed by atoms with van der Waals surface area (Å²) in [6, 6.07) is 0. The Morgan fingerprint density at radius 1 is 1.33 bits per heavy atom. The van der Waals surface area contributed by atoms with Crippen LogP contribution < -0.4 is 0 Å². The first-order chi connectivity index (χ1) is 6.90. The number of esters is 1. The van der Waals surface area contributed by atoms with Crippen LogP contribution in [0.4, 0.5) is 0 Å². The molecule has 0 bridgehead atoms. The van der Waals surface area contributed by atoms with E-state index < -0.39 is 7.60 Å². The number of ether oxygens (including phenoxy) is 1. The first-order valence-corrected chi connectivity index (χ1v) is 6.91. The second-order valence-electron chi connectivity index (χ2n) is 3.41. The van der Waals surface area contributed by atoms with Gasteiger partial charge in [-0.25, -0.2) is 0 Å². The number of rotatable bonds is 7. The van der Waals surface area contributed by atoms with Crippen molar-refractivity contribution in [2.45, 2.75) is 33.1 Å². The van der Waals surface area contributed by atoms with Crippen molar-refractivity contribution in [3.8, 4) is 0 Å². The summed E-state index contributed by atoms with van der Waals surface area (Å²) in [7, 11) is -4.01. The van der Waals surface area contributed by atoms with Crippen LogP contribution in [0.15, 0.2) is 0 Å². The molecule has 15 heavy (non-hydrogen) atoms. The Bertz CT molecular complexity index is 235. The van der Waals surface area contributed by atoms with E-state index in [1.807, 2.05) is 6.92 Å². The molecule has 0 aromatic carbocycles. The molecule has 1 atom stereocenters. The van der Waals surface area contributed by atoms with Gasteiger partial charge >= 0.3 is 13.6 Å². The maximum Gasteiger partial charge on any atom is 0.325 e. The Kier molecular flexibility index (Phi) is 6.81. The Morgan fingerprint density at radius 3 is 2.33 bits per heavy atom. The summed E-state index contributed by atoms with van der Waals surface area (Å²) >= 11 is 0. The van der Waals surface area contributed by atoms with E-state index in [9.17, 15) is 9.36 Å². The van der Waals surface area contributed by atoms with Gasteiger partial charge < -0.3 is 14.5 Å². The third kappa shape index (κ3) is 7.54. The Morgan fingerprint density at radius 2 is 1.93 bits per heavy atom. The predicted molar refractivity (Wildman–Crippen MR) is 56.6 cm³/mol. The molecule has 1 unspecified atom stereocenters. The lowest BCUT2D eigenvalue weighted by molar-refractivity contribution is -0.148. The average molecular weight is 238 g/mol. The van der Waals surface area contributed by atoms with Crippen molar-refractivity contribution in [2.75, 3.05) is 12.8 Å². The van der Waals surface area contributed by atoms with E-state index in [0.717, 1.165) is 6.42 Å². The fourth-order valence-corrected chi connectivity index (χ4v) is 1.96. The van der Waals surface area contributed by atoms with E-state index in [0.29, 0.717) is 13.0 Å². The van der Waals surface area contributed by atoms with Crippen LogP contribution in [0.5, 0.6) is 0 Å². The van der Waals surface area contributed by atoms with Crippen molar-refractivity contribution < 1.29 is 23.9 Å². The van der Waals surface area contributed by atoms with Gasteiger partial charge in [-0.1, -0.05) is 13.3 Å². The summed E-state index contributed by atoms with van der Waals surface area (Å²) in [5.41, 5.74) is 0. The van der Waals surface area contributed by atoms with Crippen LogP contribution in [0.2, 0.25) is 0 Å². The molecule has 0 aromatic heterocycles. The van der Waals surface area contributed by atoms with E-state index in [-0.39, 0.29) is 24.5 Å². The van der Waals surface area contributed by atoms with Crippen molar-refractivity contribution in [3.63, 3.8) is 0 Å². The molecule has 0 aliphatic carbocycles. The molecule has 0 rings (SSSR count). The molecular weight excluding hydrogens is 219 g/mol. The summed E-state index contributed by atoms with van der Waals surface area (Å²) in [6.07, 6.45) is 1.34. The largest absolute Gasteiger partial charge is 0.466 e. The van der Waals surface area contributed by atoms with Crippen molar-refractivity contribution in [3.05, 3.63) is 0 Å². The number of carbonyl (C=O) groups excluding carboxylic acids is 1. The molecule has 0 aliphatic rings. The number of hydrogen-bond acceptors (Lipinski definition) is 3. The highest BCUT2D eigenvalue weighted by molar-refractivity contribution is 7.51. The minimum absolute atomic E-state index is 0.191. The molecule has 0 aliphatic heterocycles. The molecule has 0 saturated carbocycles. The van der Waals surface area contributed by atoms with Crippen LogP contribution in [-0.2, 0) is 14.1 Å². The summed E-state index contributed by atoms with van der Waals surface area (Å²) in [5, 5.41) is 0. The normalized spacial score (nSPS) is 13.6. The third-order valence-corrected chi connectivity index (χ3v) is 2.87. The molecule has 0 aromatic rings. The zero-order chi connectivity index (χ0) is 11.9. The van der Waals surface area contributed by atoms with Crippen molar-refractivity contribution >= 4 is 13.6 Å². The SMILES string of the molecule is CCCC(CCP(=O)(O)O)C(=O)OCC. The Labute approximate surface area is 90.0 Å². The molecule has 5 nitrogen and oxygen atoms in total. The van der Waals surface area contributed by atoms with Crippen LogP contribution in [0, 0.1) is 5.92 Å². The second kappa shape index (κ2) is 6.99. The van der Waals surface area contributed by atoms with Crippen molar-refractivity contribution in [1.82, 2.24) is 0 Å². The van der Waals surface area contributed by atoms with E-state index in [2.05, 4.69) is 0 Å². The van der Waals surface area contributed by atoms with Gasteiger partial charge in [0.25, 0.3) is 0 Å². The van der Waals surface area contributed by atoms with E-state index in [4.69, 9.17) is 14.5 Å². The van der Waals surface area contributed by atoms with Gasteiger partial charge in [0.2, 0.25) is 0 Å². The lowest BCUT2D eigenvalue weighted by Gasteiger charge is -2.14. The Hall–Kier alpha value is -0.380. The summed E-state index contributed by atoms with van der Waals surface area (Å²) in [5.74, 6) is -0.740. The van der Waals surface area contributed by atoms with Gasteiger partial charge in [0.05, 0.1) is 18.7 Å². The van der Waals surface area contributed by atoms with Crippen LogP contribution in [0.3, 0.4) is 0 Å². The highest BCUT2D eigenvalue weighted by atomic mass is 31.2. The molecule has 0 amide bonds. The summed E-state index contributed by atoms with van der Waals surface area (Å²) in [4.78, 5) is 28.8. The molecule has 6 heteroatoms. The van der Waals surface area contributed by atoms with E-state index in [1.165, 1.54) is 0 Å². The quantitative estimate of drug-likeness (QED) is 0.519. The molecule has 0 radical (unpaired) electrons. The molecule has 0 spiro atoms. The standard InChI is InChI=1S/C9H19O5P/c1-3-5-8(9(10)14-4-2)6-7-15(11,12)13/h8H,3-7H2,1-2H3,(H2,11,12,13). The molecular formula is C9H19O5P.